The lowest BCUT2D eigenvalue weighted by atomic mass is 10.0. The number of methoxy groups -OCH3 is 1. The van der Waals surface area contributed by atoms with Gasteiger partial charge < -0.3 is 30.5 Å². The first-order valence-electron chi connectivity index (χ1n) is 15.3. The first-order chi connectivity index (χ1) is 22.3. The van der Waals surface area contributed by atoms with Gasteiger partial charge in [0.1, 0.15) is 11.6 Å². The Labute approximate surface area is 265 Å². The zero-order chi connectivity index (χ0) is 31.9. The number of nitriles is 1. The van der Waals surface area contributed by atoms with E-state index in [1.165, 1.54) is 6.20 Å². The molecule has 0 saturated carbocycles. The third-order valence-electron chi connectivity index (χ3n) is 8.98. The van der Waals surface area contributed by atoms with Gasteiger partial charge in [0, 0.05) is 69.8 Å². The van der Waals surface area contributed by atoms with E-state index < -0.39 is 0 Å². The van der Waals surface area contributed by atoms with Gasteiger partial charge in [0.25, 0.3) is 0 Å². The number of carbonyl (C=O) groups excluding carboxylic acids is 2. The molecule has 3 N–H and O–H groups in total. The Hall–Kier alpha value is -5.42. The molecule has 0 unspecified atom stereocenters. The van der Waals surface area contributed by atoms with Crippen LogP contribution in [0.15, 0.2) is 42.6 Å². The summed E-state index contributed by atoms with van der Waals surface area (Å²) < 4.78 is 7.75. The number of rotatable bonds is 7. The molecular weight excluding hydrogens is 586 g/mol. The number of anilines is 6. The largest absolute Gasteiger partial charge is 0.379 e. The van der Waals surface area contributed by atoms with Gasteiger partial charge in [-0.1, -0.05) is 0 Å². The van der Waals surface area contributed by atoms with Crippen molar-refractivity contribution in [3.8, 4) is 6.07 Å². The van der Waals surface area contributed by atoms with E-state index in [-0.39, 0.29) is 24.1 Å². The molecule has 236 valence electrons. The highest BCUT2D eigenvalue weighted by Crippen LogP contribution is 2.33. The first-order valence-corrected chi connectivity index (χ1v) is 15.3. The molecule has 7 rings (SSSR count). The van der Waals surface area contributed by atoms with Crippen LogP contribution in [0.4, 0.5) is 39.4 Å². The maximum Gasteiger partial charge on any atom is 0.323 e. The second kappa shape index (κ2) is 11.8. The minimum atomic E-state index is -0.162. The molecule has 2 aromatic carbocycles. The van der Waals surface area contributed by atoms with Crippen LogP contribution in [0.1, 0.15) is 24.0 Å². The average Bonchev–Trinajstić information content (AvgIpc) is 3.54. The smallest absolute Gasteiger partial charge is 0.323 e. The standard InChI is InChI=1S/C32H35N11O3/c1-40-25-8-6-21(13-19(25)14-28(40)44)37-29-20(16-33)17-35-31(38-29)42-12-9-24(27(18-42)46-3)36-22-5-7-23-26(15-22)41(2)39-30(23)43-11-4-10-34-32(43)45/h5-8,13,15,17,24,27,36H,4,9-12,14,18H2,1-3H3,(H,34,45)(H,35,37,38)/t24-,27-/m1/s1. The Bertz CT molecular complexity index is 1880. The zero-order valence-electron chi connectivity index (χ0n) is 25.9. The highest BCUT2D eigenvalue weighted by molar-refractivity contribution is 6.02. The van der Waals surface area contributed by atoms with Crippen molar-refractivity contribution in [2.75, 3.05) is 65.7 Å². The van der Waals surface area contributed by atoms with Gasteiger partial charge in [0.2, 0.25) is 11.9 Å². The van der Waals surface area contributed by atoms with Crippen LogP contribution in [0, 0.1) is 11.3 Å². The summed E-state index contributed by atoms with van der Waals surface area (Å²) in [5, 5.41) is 25.1. The van der Waals surface area contributed by atoms with E-state index >= 15 is 0 Å². The van der Waals surface area contributed by atoms with Crippen molar-refractivity contribution in [1.82, 2.24) is 25.1 Å². The number of amides is 3. The van der Waals surface area contributed by atoms with E-state index in [9.17, 15) is 14.9 Å². The molecule has 5 heterocycles. The first kappa shape index (κ1) is 29.3. The Kier molecular flexibility index (Phi) is 7.53. The lowest BCUT2D eigenvalue weighted by Crippen LogP contribution is -2.51. The molecule has 2 fully saturated rings. The Morgan fingerprint density at radius 1 is 1.11 bits per heavy atom. The number of hydrogen-bond donors (Lipinski definition) is 3. The van der Waals surface area contributed by atoms with E-state index in [2.05, 4.69) is 43.1 Å². The number of ether oxygens (including phenoxy) is 1. The van der Waals surface area contributed by atoms with Gasteiger partial charge in [-0.2, -0.15) is 15.3 Å². The molecule has 14 heteroatoms. The van der Waals surface area contributed by atoms with Gasteiger partial charge in [0.15, 0.2) is 11.6 Å². The number of carbonyl (C=O) groups is 2. The lowest BCUT2D eigenvalue weighted by Gasteiger charge is -2.38. The minimum absolute atomic E-state index is 0.0301. The van der Waals surface area contributed by atoms with Crippen molar-refractivity contribution in [2.45, 2.75) is 31.4 Å². The topological polar surface area (TPSA) is 157 Å². The molecule has 0 radical (unpaired) electrons. The summed E-state index contributed by atoms with van der Waals surface area (Å²) in [6, 6.07) is 13.9. The van der Waals surface area contributed by atoms with Gasteiger partial charge in [-0.25, -0.2) is 9.78 Å². The number of aryl methyl sites for hydroxylation is 1. The van der Waals surface area contributed by atoms with E-state index in [4.69, 9.17) is 9.72 Å². The number of benzene rings is 2. The Morgan fingerprint density at radius 3 is 2.76 bits per heavy atom. The molecule has 2 aromatic heterocycles. The molecule has 2 atom stereocenters. The molecule has 0 bridgehead atoms. The molecule has 14 nitrogen and oxygen atoms in total. The van der Waals surface area contributed by atoms with Gasteiger partial charge >= 0.3 is 6.03 Å². The van der Waals surface area contributed by atoms with E-state index in [1.54, 1.807) is 24.0 Å². The summed E-state index contributed by atoms with van der Waals surface area (Å²) in [4.78, 5) is 39.3. The predicted molar refractivity (Wildman–Crippen MR) is 175 cm³/mol. The fraction of sp³-hybridized carbons (Fsp3) is 0.375. The number of likely N-dealkylation sites (N-methyl/N-ethyl adjacent to an activating group) is 1. The average molecular weight is 622 g/mol. The fourth-order valence-corrected chi connectivity index (χ4v) is 6.46. The summed E-state index contributed by atoms with van der Waals surface area (Å²) in [5.74, 6) is 1.63. The molecule has 4 aromatic rings. The third-order valence-corrected chi connectivity index (χ3v) is 8.98. The van der Waals surface area contributed by atoms with Crippen molar-refractivity contribution in [2.24, 2.45) is 7.05 Å². The number of nitrogens with zero attached hydrogens (tertiary/aromatic N) is 8. The quantitative estimate of drug-likeness (QED) is 0.280. The summed E-state index contributed by atoms with van der Waals surface area (Å²) >= 11 is 0. The molecular formula is C32H35N11O3. The van der Waals surface area contributed by atoms with Gasteiger partial charge in [-0.05, 0) is 54.8 Å². The van der Waals surface area contributed by atoms with Crippen LogP contribution < -0.4 is 30.7 Å². The Balaban J connectivity index is 1.06. The molecule has 3 amide bonds. The SMILES string of the molecule is CO[C@@H]1CN(c2ncc(C#N)c(Nc3ccc4c(c3)CC(=O)N4C)n2)CC[C@H]1Nc1ccc2c(N3CCCNC3=O)nn(C)c2c1. The van der Waals surface area contributed by atoms with Crippen molar-refractivity contribution in [3.63, 3.8) is 0 Å². The second-order valence-corrected chi connectivity index (χ2v) is 11.8. The maximum absolute atomic E-state index is 12.5. The van der Waals surface area contributed by atoms with Crippen molar-refractivity contribution in [3.05, 3.63) is 53.7 Å². The summed E-state index contributed by atoms with van der Waals surface area (Å²) in [6.45, 7) is 2.55. The molecule has 46 heavy (non-hydrogen) atoms. The number of piperidine rings is 1. The van der Waals surface area contributed by atoms with Crippen LogP contribution in [0.5, 0.6) is 0 Å². The number of fused-ring (bicyclic) bond motifs is 2. The van der Waals surface area contributed by atoms with Gasteiger partial charge in [0.05, 0.1) is 30.3 Å². The summed E-state index contributed by atoms with van der Waals surface area (Å²) in [7, 11) is 5.36. The molecule has 3 aliphatic rings. The van der Waals surface area contributed by atoms with E-state index in [0.717, 1.165) is 46.4 Å². The Morgan fingerprint density at radius 2 is 1.96 bits per heavy atom. The molecule has 0 aliphatic carbocycles. The number of hydrogen-bond acceptors (Lipinski definition) is 10. The molecule has 3 aliphatic heterocycles. The normalized spacial score (nSPS) is 19.7. The zero-order valence-corrected chi connectivity index (χ0v) is 25.9. The maximum atomic E-state index is 12.5. The van der Waals surface area contributed by atoms with Crippen LogP contribution in [0.3, 0.4) is 0 Å². The second-order valence-electron chi connectivity index (χ2n) is 11.8. The van der Waals surface area contributed by atoms with Crippen molar-refractivity contribution >= 4 is 57.5 Å². The fourth-order valence-electron chi connectivity index (χ4n) is 6.46. The van der Waals surface area contributed by atoms with Crippen LogP contribution >= 0.6 is 0 Å². The van der Waals surface area contributed by atoms with Crippen LogP contribution in [0.25, 0.3) is 10.9 Å². The minimum Gasteiger partial charge on any atom is -0.379 e. The molecule has 0 spiro atoms. The van der Waals surface area contributed by atoms with E-state index in [1.807, 2.05) is 42.1 Å². The predicted octanol–water partition coefficient (Wildman–Crippen LogP) is 3.12. The number of urea groups is 1. The highest BCUT2D eigenvalue weighted by Gasteiger charge is 2.32. The summed E-state index contributed by atoms with van der Waals surface area (Å²) in [6.07, 6.45) is 3.36. The third kappa shape index (κ3) is 5.28. The van der Waals surface area contributed by atoms with Gasteiger partial charge in [-0.15, -0.1) is 0 Å². The summed E-state index contributed by atoms with van der Waals surface area (Å²) in [5.41, 5.74) is 4.76. The van der Waals surface area contributed by atoms with Crippen LogP contribution in [0.2, 0.25) is 0 Å². The van der Waals surface area contributed by atoms with Crippen LogP contribution in [-0.2, 0) is 23.0 Å². The van der Waals surface area contributed by atoms with Crippen LogP contribution in [-0.4, -0.2) is 84.2 Å². The lowest BCUT2D eigenvalue weighted by molar-refractivity contribution is -0.117. The van der Waals surface area contributed by atoms with Crippen molar-refractivity contribution < 1.29 is 14.3 Å². The van der Waals surface area contributed by atoms with E-state index in [0.29, 0.717) is 55.7 Å². The van der Waals surface area contributed by atoms with Crippen molar-refractivity contribution in [1.29, 1.82) is 5.26 Å². The van der Waals surface area contributed by atoms with Gasteiger partial charge in [-0.3, -0.25) is 14.4 Å². The number of nitrogens with one attached hydrogen (secondary N) is 3. The number of aromatic nitrogens is 4. The highest BCUT2D eigenvalue weighted by atomic mass is 16.5. The monoisotopic (exact) mass is 621 g/mol. The molecule has 2 saturated heterocycles.